The molecule has 29 heavy (non-hydrogen) atoms. The molecule has 1 aromatic carbocycles. The second kappa shape index (κ2) is 9.07. The van der Waals surface area contributed by atoms with Gasteiger partial charge in [-0.1, -0.05) is 25.1 Å². The number of nitrogens with zero attached hydrogens (tertiary/aromatic N) is 1. The van der Waals surface area contributed by atoms with Crippen molar-refractivity contribution in [2.75, 3.05) is 18.4 Å². The molecule has 8 heteroatoms. The maximum absolute atomic E-state index is 12.8. The van der Waals surface area contributed by atoms with Crippen LogP contribution in [0.5, 0.6) is 0 Å². The van der Waals surface area contributed by atoms with Crippen molar-refractivity contribution in [2.24, 2.45) is 11.7 Å². The summed E-state index contributed by atoms with van der Waals surface area (Å²) >= 11 is 0. The van der Waals surface area contributed by atoms with E-state index in [2.05, 4.69) is 17.6 Å². The van der Waals surface area contributed by atoms with E-state index < -0.39 is 11.9 Å². The highest BCUT2D eigenvalue weighted by atomic mass is 16.2. The SMILES string of the molecule is CC1CCC(NC(=O)[C@@H]2CCCN2C(=O)CNc2ccccc2C(=N)C(N)=O)C1. The van der Waals surface area contributed by atoms with Gasteiger partial charge in [-0.05, 0) is 44.1 Å². The number of nitrogens with two attached hydrogens (primary N) is 1. The maximum atomic E-state index is 12.8. The van der Waals surface area contributed by atoms with E-state index in [1.165, 1.54) is 0 Å². The van der Waals surface area contributed by atoms with Crippen LogP contribution in [0.2, 0.25) is 0 Å². The molecular formula is C21H29N5O3. The van der Waals surface area contributed by atoms with Crippen molar-refractivity contribution in [3.05, 3.63) is 29.8 Å². The number of primary amides is 1. The summed E-state index contributed by atoms with van der Waals surface area (Å²) in [6.45, 7) is 2.73. The Hall–Kier alpha value is -2.90. The topological polar surface area (TPSA) is 128 Å². The quantitative estimate of drug-likeness (QED) is 0.514. The third-order valence-corrected chi connectivity index (χ3v) is 5.79. The summed E-state index contributed by atoms with van der Waals surface area (Å²) in [4.78, 5) is 38.4. The number of hydrogen-bond donors (Lipinski definition) is 4. The van der Waals surface area contributed by atoms with E-state index in [0.717, 1.165) is 25.7 Å². The normalized spacial score (nSPS) is 23.6. The van der Waals surface area contributed by atoms with E-state index in [4.69, 9.17) is 11.1 Å². The summed E-state index contributed by atoms with van der Waals surface area (Å²) in [5.41, 5.74) is 5.73. The first-order valence-electron chi connectivity index (χ1n) is 10.2. The van der Waals surface area contributed by atoms with Crippen molar-refractivity contribution >= 4 is 29.1 Å². The monoisotopic (exact) mass is 399 g/mol. The van der Waals surface area contributed by atoms with Crippen LogP contribution in [0.15, 0.2) is 24.3 Å². The molecule has 1 aromatic rings. The van der Waals surface area contributed by atoms with Crippen molar-refractivity contribution < 1.29 is 14.4 Å². The van der Waals surface area contributed by atoms with Crippen LogP contribution < -0.4 is 16.4 Å². The number of hydrogen-bond acceptors (Lipinski definition) is 5. The number of carbonyl (C=O) groups is 3. The first-order valence-corrected chi connectivity index (χ1v) is 10.2. The Kier molecular flexibility index (Phi) is 6.51. The fraction of sp³-hybridized carbons (Fsp3) is 0.524. The van der Waals surface area contributed by atoms with Crippen molar-refractivity contribution in [1.29, 1.82) is 5.41 Å². The van der Waals surface area contributed by atoms with Gasteiger partial charge in [0.2, 0.25) is 11.8 Å². The molecule has 0 radical (unpaired) electrons. The number of likely N-dealkylation sites (tertiary alicyclic amines) is 1. The van der Waals surface area contributed by atoms with E-state index in [1.807, 2.05) is 0 Å². The molecule has 1 heterocycles. The number of rotatable bonds is 7. The third kappa shape index (κ3) is 4.93. The second-order valence-electron chi connectivity index (χ2n) is 8.01. The standard InChI is InChI=1S/C21H29N5O3/c1-13-8-9-14(11-13)25-21(29)17-7-4-10-26(17)18(27)12-24-16-6-3-2-5-15(16)19(22)20(23)28/h2-3,5-6,13-14,17,22,24H,4,7-12H2,1H3,(H2,23,28)(H,25,29)/t13?,14?,17-/m0/s1. The van der Waals surface area contributed by atoms with Crippen LogP contribution in [-0.4, -0.2) is 53.5 Å². The summed E-state index contributed by atoms with van der Waals surface area (Å²) in [6.07, 6.45) is 4.59. The van der Waals surface area contributed by atoms with Gasteiger partial charge in [0.25, 0.3) is 5.91 Å². The van der Waals surface area contributed by atoms with E-state index in [0.29, 0.717) is 30.1 Å². The number of para-hydroxylation sites is 1. The lowest BCUT2D eigenvalue weighted by Crippen LogP contribution is -2.49. The lowest BCUT2D eigenvalue weighted by Gasteiger charge is -2.26. The number of nitrogens with one attached hydrogen (secondary N) is 3. The van der Waals surface area contributed by atoms with E-state index in [1.54, 1.807) is 29.2 Å². The molecule has 0 bridgehead atoms. The molecule has 1 saturated carbocycles. The Balaban J connectivity index is 1.60. The Bertz CT molecular complexity index is 809. The lowest BCUT2D eigenvalue weighted by molar-refractivity contribution is -0.137. The van der Waals surface area contributed by atoms with Crippen LogP contribution in [0.3, 0.4) is 0 Å². The van der Waals surface area contributed by atoms with Crippen molar-refractivity contribution in [2.45, 2.75) is 51.1 Å². The molecule has 0 aromatic heterocycles. The molecule has 2 fully saturated rings. The van der Waals surface area contributed by atoms with Crippen LogP contribution >= 0.6 is 0 Å². The largest absolute Gasteiger partial charge is 0.376 e. The molecule has 5 N–H and O–H groups in total. The van der Waals surface area contributed by atoms with Crippen LogP contribution in [0, 0.1) is 11.3 Å². The smallest absolute Gasteiger partial charge is 0.267 e. The molecule has 1 aliphatic carbocycles. The fourth-order valence-corrected chi connectivity index (χ4v) is 4.23. The summed E-state index contributed by atoms with van der Waals surface area (Å²) in [7, 11) is 0. The van der Waals surface area contributed by atoms with Gasteiger partial charge in [0, 0.05) is 23.8 Å². The summed E-state index contributed by atoms with van der Waals surface area (Å²) in [5, 5.41) is 13.9. The first-order chi connectivity index (χ1) is 13.9. The molecular weight excluding hydrogens is 370 g/mol. The molecule has 0 spiro atoms. The Morgan fingerprint density at radius 2 is 1.97 bits per heavy atom. The van der Waals surface area contributed by atoms with Gasteiger partial charge in [0.05, 0.1) is 6.54 Å². The van der Waals surface area contributed by atoms with E-state index >= 15 is 0 Å². The third-order valence-electron chi connectivity index (χ3n) is 5.79. The molecule has 156 valence electrons. The molecule has 8 nitrogen and oxygen atoms in total. The Labute approximate surface area is 170 Å². The summed E-state index contributed by atoms with van der Waals surface area (Å²) in [6, 6.07) is 6.52. The van der Waals surface area contributed by atoms with Crippen molar-refractivity contribution in [1.82, 2.24) is 10.2 Å². The zero-order valence-corrected chi connectivity index (χ0v) is 16.7. The number of amides is 3. The minimum Gasteiger partial charge on any atom is -0.376 e. The minimum atomic E-state index is -0.830. The van der Waals surface area contributed by atoms with Gasteiger partial charge in [0.15, 0.2) is 0 Å². The maximum Gasteiger partial charge on any atom is 0.267 e. The predicted octanol–water partition coefficient (Wildman–Crippen LogP) is 1.25. The van der Waals surface area contributed by atoms with Gasteiger partial charge in [0.1, 0.15) is 11.8 Å². The number of anilines is 1. The molecule has 2 aliphatic rings. The van der Waals surface area contributed by atoms with Crippen LogP contribution in [0.25, 0.3) is 0 Å². The van der Waals surface area contributed by atoms with Crippen LogP contribution in [0.4, 0.5) is 5.69 Å². The number of benzene rings is 1. The second-order valence-corrected chi connectivity index (χ2v) is 8.01. The van der Waals surface area contributed by atoms with Gasteiger partial charge < -0.3 is 21.3 Å². The fourth-order valence-electron chi connectivity index (χ4n) is 4.23. The van der Waals surface area contributed by atoms with Gasteiger partial charge in [-0.2, -0.15) is 0 Å². The molecule has 1 aliphatic heterocycles. The highest BCUT2D eigenvalue weighted by Gasteiger charge is 2.35. The van der Waals surface area contributed by atoms with E-state index in [-0.39, 0.29) is 30.1 Å². The van der Waals surface area contributed by atoms with Crippen LogP contribution in [-0.2, 0) is 14.4 Å². The Morgan fingerprint density at radius 3 is 2.66 bits per heavy atom. The highest BCUT2D eigenvalue weighted by Crippen LogP contribution is 2.26. The molecule has 3 rings (SSSR count). The number of carbonyl (C=O) groups excluding carboxylic acids is 3. The average Bonchev–Trinajstić information content (AvgIpc) is 3.34. The van der Waals surface area contributed by atoms with Gasteiger partial charge in [-0.3, -0.25) is 19.8 Å². The van der Waals surface area contributed by atoms with E-state index in [9.17, 15) is 14.4 Å². The Morgan fingerprint density at radius 1 is 1.21 bits per heavy atom. The predicted molar refractivity (Wildman–Crippen MR) is 111 cm³/mol. The van der Waals surface area contributed by atoms with Gasteiger partial charge >= 0.3 is 0 Å². The van der Waals surface area contributed by atoms with Crippen molar-refractivity contribution in [3.8, 4) is 0 Å². The molecule has 3 atom stereocenters. The summed E-state index contributed by atoms with van der Waals surface area (Å²) < 4.78 is 0. The van der Waals surface area contributed by atoms with Gasteiger partial charge in [-0.15, -0.1) is 0 Å². The lowest BCUT2D eigenvalue weighted by atomic mass is 10.1. The minimum absolute atomic E-state index is 0.0205. The zero-order chi connectivity index (χ0) is 21.0. The van der Waals surface area contributed by atoms with Gasteiger partial charge in [-0.25, -0.2) is 0 Å². The van der Waals surface area contributed by atoms with Crippen molar-refractivity contribution in [3.63, 3.8) is 0 Å². The van der Waals surface area contributed by atoms with Crippen LogP contribution in [0.1, 0.15) is 44.6 Å². The molecule has 3 amide bonds. The molecule has 2 unspecified atom stereocenters. The zero-order valence-electron chi connectivity index (χ0n) is 16.7. The highest BCUT2D eigenvalue weighted by molar-refractivity contribution is 6.44. The summed E-state index contributed by atoms with van der Waals surface area (Å²) in [5.74, 6) is -0.443. The first kappa shape index (κ1) is 20.8. The molecule has 1 saturated heterocycles. The average molecular weight is 399 g/mol.